The van der Waals surface area contributed by atoms with Crippen molar-refractivity contribution in [2.24, 2.45) is 0 Å². The second kappa shape index (κ2) is 7.03. The molecule has 0 aromatic heterocycles. The molecule has 0 saturated heterocycles. The van der Waals surface area contributed by atoms with E-state index in [1.165, 1.54) is 9.49 Å². The Labute approximate surface area is 86.3 Å². The molecule has 0 fully saturated rings. The van der Waals surface area contributed by atoms with Gasteiger partial charge in [0.05, 0.1) is 5.09 Å². The van der Waals surface area contributed by atoms with Crippen LogP contribution in [0.1, 0.15) is 5.56 Å². The Morgan fingerprint density at radius 3 is 1.92 bits per heavy atom. The normalized spacial score (nSPS) is 8.17. The van der Waals surface area contributed by atoms with Gasteiger partial charge in [-0.2, -0.15) is 0 Å². The molecule has 0 spiro atoms. The number of benzene rings is 1. The summed E-state index contributed by atoms with van der Waals surface area (Å²) in [6.45, 7) is 0. The summed E-state index contributed by atoms with van der Waals surface area (Å²) >= 11 is 0.922. The Hall–Kier alpha value is -0.645. The molecule has 0 unspecified atom stereocenters. The van der Waals surface area contributed by atoms with Gasteiger partial charge in [0, 0.05) is 0 Å². The maximum absolute atomic E-state index is 8.25. The third-order valence-corrected chi connectivity index (χ3v) is 3.38. The second-order valence-corrected chi connectivity index (χ2v) is 3.90. The molecule has 4 nitrogen and oxygen atoms in total. The molecule has 1 aromatic carbocycles. The minimum atomic E-state index is -1.75. The molecule has 0 radical (unpaired) electrons. The van der Waals surface area contributed by atoms with Gasteiger partial charge in [-0.15, -0.1) is 0 Å². The Morgan fingerprint density at radius 1 is 1.25 bits per heavy atom. The van der Waals surface area contributed by atoms with Gasteiger partial charge in [-0.3, -0.25) is 0 Å². The zero-order valence-electron chi connectivity index (χ0n) is 6.47. The Balaban J connectivity index is 0.000000261. The molecule has 12 heavy (non-hydrogen) atoms. The molecule has 1 aromatic rings. The minimum absolute atomic E-state index is 0.922. The molecular formula is C7H7HgNO3. The third-order valence-electron chi connectivity index (χ3n) is 1.13. The fourth-order valence-electron chi connectivity index (χ4n) is 0.645. The van der Waals surface area contributed by atoms with Crippen molar-refractivity contribution in [3.8, 4) is 0 Å². The summed E-state index contributed by atoms with van der Waals surface area (Å²) in [6, 6.07) is 10.6. The third kappa shape index (κ3) is 7.46. The standard InChI is InChI=1S/C7H7.Hg.NO3/c1-7-5-3-2-4-6-7;;2-1(3)4/h2-6H,1H2;;/q;+1;-1. The van der Waals surface area contributed by atoms with E-state index in [2.05, 4.69) is 30.3 Å². The summed E-state index contributed by atoms with van der Waals surface area (Å²) in [7, 11) is 0. The van der Waals surface area contributed by atoms with Crippen LogP contribution in [0.15, 0.2) is 30.3 Å². The molecule has 5 heteroatoms. The van der Waals surface area contributed by atoms with Crippen LogP contribution in [0.5, 0.6) is 0 Å². The molecule has 0 atom stereocenters. The molecular weight excluding hydrogens is 347 g/mol. The van der Waals surface area contributed by atoms with Gasteiger partial charge >= 0.3 is 65.9 Å². The van der Waals surface area contributed by atoms with Gasteiger partial charge in [-0.1, -0.05) is 0 Å². The van der Waals surface area contributed by atoms with Crippen LogP contribution in [-0.4, -0.2) is 5.09 Å². The number of hydrogen-bond donors (Lipinski definition) is 0. The summed E-state index contributed by atoms with van der Waals surface area (Å²) in [6.07, 6.45) is 0. The van der Waals surface area contributed by atoms with Crippen LogP contribution in [0.3, 0.4) is 0 Å². The molecule has 0 saturated carbocycles. The molecule has 0 amide bonds. The first kappa shape index (κ1) is 11.4. The van der Waals surface area contributed by atoms with Crippen LogP contribution in [0.25, 0.3) is 0 Å². The molecule has 0 aliphatic rings. The predicted octanol–water partition coefficient (Wildman–Crippen LogP) is 1.49. The molecule has 0 bridgehead atoms. The first-order valence-corrected chi connectivity index (χ1v) is 7.20. The van der Waals surface area contributed by atoms with Crippen molar-refractivity contribution >= 4 is 0 Å². The van der Waals surface area contributed by atoms with E-state index in [4.69, 9.17) is 15.3 Å². The van der Waals surface area contributed by atoms with Gasteiger partial charge in [0.2, 0.25) is 0 Å². The van der Waals surface area contributed by atoms with E-state index in [1.54, 1.807) is 0 Å². The van der Waals surface area contributed by atoms with Gasteiger partial charge in [-0.05, 0) is 0 Å². The van der Waals surface area contributed by atoms with E-state index in [1.807, 2.05) is 0 Å². The van der Waals surface area contributed by atoms with E-state index >= 15 is 0 Å². The number of nitrogens with zero attached hydrogens (tertiary/aromatic N) is 1. The molecule has 0 heterocycles. The molecule has 0 N–H and O–H groups in total. The Bertz CT molecular complexity index is 223. The zero-order chi connectivity index (χ0) is 9.40. The number of hydrogen-bond acceptors (Lipinski definition) is 3. The van der Waals surface area contributed by atoms with Crippen molar-refractivity contribution in [1.82, 2.24) is 0 Å². The second-order valence-electron chi connectivity index (χ2n) is 1.96. The summed E-state index contributed by atoms with van der Waals surface area (Å²) in [4.78, 5) is 8.25. The summed E-state index contributed by atoms with van der Waals surface area (Å²) in [5.41, 5.74) is 1.50. The van der Waals surface area contributed by atoms with Gasteiger partial charge in [0.15, 0.2) is 0 Å². The van der Waals surface area contributed by atoms with E-state index in [0.717, 1.165) is 26.1 Å². The van der Waals surface area contributed by atoms with Crippen molar-refractivity contribution in [3.63, 3.8) is 0 Å². The molecule has 1 rings (SSSR count). The monoisotopic (exact) mass is 355 g/mol. The Kier molecular flexibility index (Phi) is 6.65. The van der Waals surface area contributed by atoms with E-state index in [9.17, 15) is 0 Å². The van der Waals surface area contributed by atoms with Crippen LogP contribution >= 0.6 is 0 Å². The van der Waals surface area contributed by atoms with E-state index < -0.39 is 5.09 Å². The number of rotatable bonds is 1. The predicted molar refractivity (Wildman–Crippen MR) is 40.5 cm³/mol. The van der Waals surface area contributed by atoms with Crippen LogP contribution < -0.4 is 0 Å². The van der Waals surface area contributed by atoms with E-state index in [-0.39, 0.29) is 0 Å². The van der Waals surface area contributed by atoms with Gasteiger partial charge in [0.1, 0.15) is 0 Å². The van der Waals surface area contributed by atoms with Gasteiger partial charge in [-0.25, -0.2) is 0 Å². The fraction of sp³-hybridized carbons (Fsp3) is 0.143. The van der Waals surface area contributed by atoms with Crippen LogP contribution in [0, 0.1) is 15.3 Å². The maximum atomic E-state index is 8.25. The molecule has 0 aliphatic heterocycles. The first-order valence-electron chi connectivity index (χ1n) is 3.31. The van der Waals surface area contributed by atoms with Crippen molar-refractivity contribution in [2.45, 2.75) is 3.93 Å². The van der Waals surface area contributed by atoms with Crippen LogP contribution in [0.2, 0.25) is 0 Å². The zero-order valence-corrected chi connectivity index (χ0v) is 12.0. The first-order chi connectivity index (χ1) is 5.66. The SMILES string of the molecule is O=[N+]([O-])[O-].[Hg+][CH2]c1ccccc1. The van der Waals surface area contributed by atoms with Gasteiger partial charge in [0.25, 0.3) is 0 Å². The summed E-state index contributed by atoms with van der Waals surface area (Å²) in [5, 5.41) is 14.8. The quantitative estimate of drug-likeness (QED) is 0.436. The summed E-state index contributed by atoms with van der Waals surface area (Å²) < 4.78 is 1.33. The van der Waals surface area contributed by atoms with Crippen LogP contribution in [0.4, 0.5) is 0 Å². The summed E-state index contributed by atoms with van der Waals surface area (Å²) in [5.74, 6) is 0. The van der Waals surface area contributed by atoms with Crippen LogP contribution in [-0.2, 0) is 30.1 Å². The molecule has 0 aliphatic carbocycles. The van der Waals surface area contributed by atoms with Crippen molar-refractivity contribution in [3.05, 3.63) is 51.2 Å². The van der Waals surface area contributed by atoms with Crippen molar-refractivity contribution in [2.75, 3.05) is 0 Å². The van der Waals surface area contributed by atoms with Crippen molar-refractivity contribution in [1.29, 1.82) is 0 Å². The van der Waals surface area contributed by atoms with E-state index in [0.29, 0.717) is 0 Å². The van der Waals surface area contributed by atoms with Crippen molar-refractivity contribution < 1.29 is 31.2 Å². The average molecular weight is 354 g/mol. The van der Waals surface area contributed by atoms with Gasteiger partial charge < -0.3 is 15.3 Å². The topological polar surface area (TPSA) is 66.2 Å². The average Bonchev–Trinajstić information content (AvgIpc) is 2.05. The fourth-order valence-corrected chi connectivity index (χ4v) is 1.94. The Morgan fingerprint density at radius 2 is 1.67 bits per heavy atom. The molecule has 60 valence electrons.